The van der Waals surface area contributed by atoms with E-state index in [1.165, 1.54) is 12.3 Å². The molecule has 1 aliphatic heterocycles. The van der Waals surface area contributed by atoms with Crippen molar-refractivity contribution in [3.05, 3.63) is 17.5 Å². The van der Waals surface area contributed by atoms with Crippen molar-refractivity contribution in [3.8, 4) is 0 Å². The molecule has 1 atom stereocenters. The van der Waals surface area contributed by atoms with Gasteiger partial charge in [-0.3, -0.25) is 0 Å². The molecule has 1 aromatic rings. The van der Waals surface area contributed by atoms with Crippen molar-refractivity contribution >= 4 is 21.4 Å². The van der Waals surface area contributed by atoms with Gasteiger partial charge >= 0.3 is 0 Å². The second-order valence-corrected chi connectivity index (χ2v) is 5.84. The predicted octanol–water partition coefficient (Wildman–Crippen LogP) is 0.266. The van der Waals surface area contributed by atoms with E-state index in [0.717, 1.165) is 6.54 Å². The molecule has 5 nitrogen and oxygen atoms in total. The number of halogens is 1. The van der Waals surface area contributed by atoms with Crippen molar-refractivity contribution < 1.29 is 8.42 Å². The second-order valence-electron chi connectivity index (χ2n) is 3.32. The maximum absolute atomic E-state index is 12.0. The molecule has 1 saturated heterocycles. The first-order chi connectivity index (χ1) is 7.10. The maximum Gasteiger partial charge on any atom is 0.223 e. The van der Waals surface area contributed by atoms with Gasteiger partial charge in [0.05, 0.1) is 5.25 Å². The number of nitrogens with zero attached hydrogens (tertiary/aromatic N) is 2. The van der Waals surface area contributed by atoms with Crippen LogP contribution in [-0.4, -0.2) is 36.7 Å². The molecule has 0 saturated carbocycles. The van der Waals surface area contributed by atoms with E-state index in [0.29, 0.717) is 13.0 Å². The van der Waals surface area contributed by atoms with Gasteiger partial charge in [-0.05, 0) is 30.6 Å². The minimum absolute atomic E-state index is 0.0104. The van der Waals surface area contributed by atoms with Crippen LogP contribution >= 0.6 is 11.6 Å². The number of nitrogens with one attached hydrogen (secondary N) is 1. The highest BCUT2D eigenvalue weighted by Gasteiger charge is 2.31. The third kappa shape index (κ3) is 2.11. The first kappa shape index (κ1) is 10.8. The highest BCUT2D eigenvalue weighted by Crippen LogP contribution is 2.18. The Morgan fingerprint density at radius 2 is 2.33 bits per heavy atom. The molecule has 1 aliphatic rings. The van der Waals surface area contributed by atoms with Gasteiger partial charge in [0.15, 0.2) is 14.9 Å². The minimum Gasteiger partial charge on any atom is -0.315 e. The highest BCUT2D eigenvalue weighted by atomic mass is 35.5. The van der Waals surface area contributed by atoms with E-state index in [-0.39, 0.29) is 10.3 Å². The van der Waals surface area contributed by atoms with Crippen LogP contribution in [0.2, 0.25) is 5.28 Å². The molecule has 7 heteroatoms. The predicted molar refractivity (Wildman–Crippen MR) is 55.5 cm³/mol. The topological polar surface area (TPSA) is 72.0 Å². The van der Waals surface area contributed by atoms with Gasteiger partial charge in [-0.1, -0.05) is 0 Å². The number of rotatable bonds is 2. The van der Waals surface area contributed by atoms with E-state index >= 15 is 0 Å². The highest BCUT2D eigenvalue weighted by molar-refractivity contribution is 7.92. The van der Waals surface area contributed by atoms with Crippen molar-refractivity contribution in [1.82, 2.24) is 15.3 Å². The van der Waals surface area contributed by atoms with E-state index in [1.807, 2.05) is 0 Å². The van der Waals surface area contributed by atoms with Gasteiger partial charge < -0.3 is 5.32 Å². The molecule has 0 bridgehead atoms. The Hall–Kier alpha value is -0.720. The van der Waals surface area contributed by atoms with Crippen LogP contribution in [0, 0.1) is 0 Å². The molecule has 1 N–H and O–H groups in total. The summed E-state index contributed by atoms with van der Waals surface area (Å²) in [7, 11) is -3.36. The van der Waals surface area contributed by atoms with Gasteiger partial charge in [0.2, 0.25) is 5.28 Å². The largest absolute Gasteiger partial charge is 0.315 e. The molecular formula is C8H10ClN3O2S. The van der Waals surface area contributed by atoms with Crippen LogP contribution < -0.4 is 5.32 Å². The SMILES string of the molecule is O=S(=O)(c1ccnc(Cl)n1)[C@@H]1CCNC1. The molecule has 0 radical (unpaired) electrons. The summed E-state index contributed by atoms with van der Waals surface area (Å²) in [6.07, 6.45) is 1.97. The van der Waals surface area contributed by atoms with Crippen LogP contribution in [0.1, 0.15) is 6.42 Å². The van der Waals surface area contributed by atoms with Crippen molar-refractivity contribution in [2.24, 2.45) is 0 Å². The Morgan fingerprint density at radius 3 is 2.93 bits per heavy atom. The third-order valence-corrected chi connectivity index (χ3v) is 4.62. The molecular weight excluding hydrogens is 238 g/mol. The fourth-order valence-electron chi connectivity index (χ4n) is 1.54. The van der Waals surface area contributed by atoms with Gasteiger partial charge in [-0.2, -0.15) is 0 Å². The fourth-order valence-corrected chi connectivity index (χ4v) is 3.31. The van der Waals surface area contributed by atoms with E-state index in [1.54, 1.807) is 0 Å². The lowest BCUT2D eigenvalue weighted by molar-refractivity contribution is 0.578. The molecule has 0 amide bonds. The molecule has 2 heterocycles. The number of sulfone groups is 1. The maximum atomic E-state index is 12.0. The van der Waals surface area contributed by atoms with Crippen molar-refractivity contribution in [2.75, 3.05) is 13.1 Å². The summed E-state index contributed by atoms with van der Waals surface area (Å²) in [5, 5.41) is 2.58. The monoisotopic (exact) mass is 247 g/mol. The summed E-state index contributed by atoms with van der Waals surface area (Å²) in [6, 6.07) is 1.37. The molecule has 1 fully saturated rings. The summed E-state index contributed by atoms with van der Waals surface area (Å²) in [5.41, 5.74) is 0. The Balaban J connectivity index is 2.36. The van der Waals surface area contributed by atoms with Gasteiger partial charge in [0.25, 0.3) is 0 Å². The van der Waals surface area contributed by atoms with Crippen LogP contribution in [0.4, 0.5) is 0 Å². The summed E-state index contributed by atoms with van der Waals surface area (Å²) in [5.74, 6) is 0. The molecule has 0 aromatic carbocycles. The summed E-state index contributed by atoms with van der Waals surface area (Å²) in [6.45, 7) is 1.20. The van der Waals surface area contributed by atoms with E-state index in [4.69, 9.17) is 11.6 Å². The Bertz CT molecular complexity index is 457. The molecule has 1 aromatic heterocycles. The van der Waals surface area contributed by atoms with Crippen LogP contribution in [0.3, 0.4) is 0 Å². The molecule has 15 heavy (non-hydrogen) atoms. The minimum atomic E-state index is -3.36. The van der Waals surface area contributed by atoms with Gasteiger partial charge in [-0.15, -0.1) is 0 Å². The van der Waals surface area contributed by atoms with Crippen molar-refractivity contribution in [3.63, 3.8) is 0 Å². The lowest BCUT2D eigenvalue weighted by atomic mass is 10.4. The van der Waals surface area contributed by atoms with E-state index < -0.39 is 15.1 Å². The Labute approximate surface area is 92.8 Å². The quantitative estimate of drug-likeness (QED) is 0.600. The van der Waals surface area contributed by atoms with Gasteiger partial charge in [0, 0.05) is 12.7 Å². The smallest absolute Gasteiger partial charge is 0.223 e. The first-order valence-corrected chi connectivity index (χ1v) is 6.46. The zero-order chi connectivity index (χ0) is 10.9. The first-order valence-electron chi connectivity index (χ1n) is 4.54. The molecule has 0 unspecified atom stereocenters. The zero-order valence-electron chi connectivity index (χ0n) is 7.85. The molecule has 0 spiro atoms. The van der Waals surface area contributed by atoms with E-state index in [2.05, 4.69) is 15.3 Å². The van der Waals surface area contributed by atoms with Crippen LogP contribution in [0.15, 0.2) is 17.3 Å². The number of hydrogen-bond acceptors (Lipinski definition) is 5. The third-order valence-electron chi connectivity index (χ3n) is 2.35. The van der Waals surface area contributed by atoms with Crippen LogP contribution in [0.5, 0.6) is 0 Å². The van der Waals surface area contributed by atoms with E-state index in [9.17, 15) is 8.42 Å². The Kier molecular flexibility index (Phi) is 2.90. The number of hydrogen-bond donors (Lipinski definition) is 1. The molecule has 0 aliphatic carbocycles. The van der Waals surface area contributed by atoms with Gasteiger partial charge in [0.1, 0.15) is 0 Å². The molecule has 82 valence electrons. The van der Waals surface area contributed by atoms with Crippen molar-refractivity contribution in [2.45, 2.75) is 16.7 Å². The standard InChI is InChI=1S/C8H10ClN3O2S/c9-8-11-4-2-7(12-8)15(13,14)6-1-3-10-5-6/h2,4,6,10H,1,3,5H2/t6-/m1/s1. The van der Waals surface area contributed by atoms with Crippen molar-refractivity contribution in [1.29, 1.82) is 0 Å². The summed E-state index contributed by atoms with van der Waals surface area (Å²) < 4.78 is 24.0. The fraction of sp³-hybridized carbons (Fsp3) is 0.500. The molecule has 2 rings (SSSR count). The summed E-state index contributed by atoms with van der Waals surface area (Å²) in [4.78, 5) is 7.38. The van der Waals surface area contributed by atoms with Crippen LogP contribution in [-0.2, 0) is 9.84 Å². The lowest BCUT2D eigenvalue weighted by Crippen LogP contribution is -2.24. The Morgan fingerprint density at radius 1 is 1.53 bits per heavy atom. The lowest BCUT2D eigenvalue weighted by Gasteiger charge is -2.08. The normalized spacial score (nSPS) is 21.8. The summed E-state index contributed by atoms with van der Waals surface area (Å²) >= 11 is 5.56. The van der Waals surface area contributed by atoms with Gasteiger partial charge in [-0.25, -0.2) is 18.4 Å². The average molecular weight is 248 g/mol. The van der Waals surface area contributed by atoms with Crippen LogP contribution in [0.25, 0.3) is 0 Å². The zero-order valence-corrected chi connectivity index (χ0v) is 9.42. The average Bonchev–Trinajstić information content (AvgIpc) is 2.71. The number of aromatic nitrogens is 2. The second kappa shape index (κ2) is 4.03.